The maximum Gasteiger partial charge on any atom is 0.222 e. The predicted octanol–water partition coefficient (Wildman–Crippen LogP) is 8.42. The average Bonchev–Trinajstić information content (AvgIpc) is 2.67. The Labute approximate surface area is 225 Å². The quantitative estimate of drug-likeness (QED) is 0.287. The first-order valence-corrected chi connectivity index (χ1v) is 13.9. The van der Waals surface area contributed by atoms with Crippen LogP contribution in [0.4, 0.5) is 0 Å². The number of amides is 1. The first-order valence-electron chi connectivity index (χ1n) is 13.9. The minimum absolute atomic E-state index is 0.104. The molecule has 0 fully saturated rings. The highest BCUT2D eigenvalue weighted by Gasteiger charge is 2.09. The highest BCUT2D eigenvalue weighted by Crippen LogP contribution is 2.08. The van der Waals surface area contributed by atoms with E-state index in [-0.39, 0.29) is 35.6 Å². The van der Waals surface area contributed by atoms with E-state index in [1.54, 1.807) is 0 Å². The summed E-state index contributed by atoms with van der Waals surface area (Å²) in [5.74, 6) is 3.68. The van der Waals surface area contributed by atoms with Crippen LogP contribution in [0.2, 0.25) is 0 Å². The highest BCUT2D eigenvalue weighted by atomic mass is 16.3. The summed E-state index contributed by atoms with van der Waals surface area (Å²) < 4.78 is 0. The number of allylic oxidation sites excluding steroid dienone is 2. The van der Waals surface area contributed by atoms with E-state index in [0.717, 1.165) is 12.8 Å². The Hall–Kier alpha value is -1.65. The normalized spacial score (nSPS) is 11.4. The van der Waals surface area contributed by atoms with E-state index in [1.165, 1.54) is 0 Å². The van der Waals surface area contributed by atoms with Crippen molar-refractivity contribution in [3.8, 4) is 0 Å². The van der Waals surface area contributed by atoms with Gasteiger partial charge in [0.2, 0.25) is 5.91 Å². The Morgan fingerprint density at radius 1 is 0.583 bits per heavy atom. The van der Waals surface area contributed by atoms with Gasteiger partial charge in [-0.1, -0.05) is 96.9 Å². The Morgan fingerprint density at radius 2 is 0.917 bits per heavy atom. The zero-order valence-corrected chi connectivity index (χ0v) is 26.8. The Bertz CT molecular complexity index is 536. The maximum absolute atomic E-state index is 11.0. The molecule has 0 spiro atoms. The van der Waals surface area contributed by atoms with Crippen LogP contribution in [0.5, 0.6) is 0 Å². The van der Waals surface area contributed by atoms with E-state index < -0.39 is 0 Å². The average molecular weight is 514 g/mol. The molecule has 0 aliphatic rings. The molecule has 0 unspecified atom stereocenters. The summed E-state index contributed by atoms with van der Waals surface area (Å²) in [6, 6.07) is 0.264. The zero-order valence-electron chi connectivity index (χ0n) is 26.8. The zero-order chi connectivity index (χ0) is 29.8. The standard InChI is InChI=1S/3C8H16O.C7H15NO/c3*1-6(2)5-8(9)7(3)4;1-5(2)7(9)8-6(3)4/h2*6-7H,5H2,1-4H3;5-7,9H,1-4H3;5-6H,1-4H3,(H,8,9)/b;;8-5-;. The van der Waals surface area contributed by atoms with Crippen LogP contribution in [0.15, 0.2) is 11.8 Å². The molecule has 0 aromatic heterocycles. The number of nitrogens with one attached hydrogen (secondary N) is 1. The molecule has 1 amide bonds. The Morgan fingerprint density at radius 3 is 1.00 bits per heavy atom. The van der Waals surface area contributed by atoms with Crippen molar-refractivity contribution in [3.63, 3.8) is 0 Å². The Kier molecular flexibility index (Phi) is 27.3. The lowest BCUT2D eigenvalue weighted by Gasteiger charge is -2.09. The summed E-state index contributed by atoms with van der Waals surface area (Å²) in [5, 5.41) is 12.0. The number of carbonyl (C=O) groups excluding carboxylic acids is 3. The number of hydrogen-bond acceptors (Lipinski definition) is 4. The number of ketones is 2. The van der Waals surface area contributed by atoms with Crippen molar-refractivity contribution in [2.24, 2.45) is 41.4 Å². The minimum atomic E-state index is 0.104. The van der Waals surface area contributed by atoms with Crippen molar-refractivity contribution < 1.29 is 19.5 Å². The fourth-order valence-corrected chi connectivity index (χ4v) is 2.26. The molecule has 216 valence electrons. The van der Waals surface area contributed by atoms with Gasteiger partial charge in [-0.2, -0.15) is 0 Å². The van der Waals surface area contributed by atoms with E-state index in [1.807, 2.05) is 75.3 Å². The molecule has 2 N–H and O–H groups in total. The van der Waals surface area contributed by atoms with E-state index >= 15 is 0 Å². The summed E-state index contributed by atoms with van der Waals surface area (Å²) in [6.45, 7) is 31.8. The number of Topliss-reactive ketones (excluding diaryl/α,β-unsaturated/α-hetero) is 2. The second-order valence-electron chi connectivity index (χ2n) is 12.2. The van der Waals surface area contributed by atoms with Gasteiger partial charge in [0.25, 0.3) is 0 Å². The lowest BCUT2D eigenvalue weighted by atomic mass is 9.99. The van der Waals surface area contributed by atoms with Gasteiger partial charge in [0.05, 0.1) is 5.76 Å². The summed E-state index contributed by atoms with van der Waals surface area (Å²) >= 11 is 0. The Balaban J connectivity index is -0.000000190. The monoisotopic (exact) mass is 513 g/mol. The van der Waals surface area contributed by atoms with Crippen LogP contribution in [0.25, 0.3) is 0 Å². The van der Waals surface area contributed by atoms with Crippen molar-refractivity contribution in [1.29, 1.82) is 0 Å². The first kappa shape index (κ1) is 41.5. The fourth-order valence-electron chi connectivity index (χ4n) is 2.26. The third-order valence-corrected chi connectivity index (χ3v) is 4.56. The number of aliphatic hydroxyl groups is 1. The summed E-state index contributed by atoms with van der Waals surface area (Å²) in [6.07, 6.45) is 3.35. The van der Waals surface area contributed by atoms with Crippen LogP contribution in [0.1, 0.15) is 124 Å². The minimum Gasteiger partial charge on any atom is -0.512 e. The second kappa shape index (κ2) is 23.7. The molecule has 0 rings (SSSR count). The van der Waals surface area contributed by atoms with Gasteiger partial charge in [-0.25, -0.2) is 0 Å². The van der Waals surface area contributed by atoms with Crippen LogP contribution >= 0.6 is 0 Å². The predicted molar refractivity (Wildman–Crippen MR) is 157 cm³/mol. The fraction of sp³-hybridized carbons (Fsp3) is 0.839. The molecule has 0 aliphatic carbocycles. The van der Waals surface area contributed by atoms with Crippen LogP contribution in [-0.2, 0) is 14.4 Å². The third kappa shape index (κ3) is 34.5. The van der Waals surface area contributed by atoms with Gasteiger partial charge in [0, 0.05) is 42.6 Å². The SMILES string of the molecule is CC(C)/C=C(\O)C(C)C.CC(C)CC(=O)C(C)C.CC(C)CC(=O)C(C)C.CC(C)NC(=O)C(C)C. The van der Waals surface area contributed by atoms with Crippen LogP contribution < -0.4 is 5.32 Å². The summed E-state index contributed by atoms with van der Waals surface area (Å²) in [7, 11) is 0. The van der Waals surface area contributed by atoms with Gasteiger partial charge in [-0.05, 0) is 37.7 Å². The topological polar surface area (TPSA) is 83.5 Å². The number of carbonyl (C=O) groups is 3. The molecule has 0 aromatic carbocycles. The third-order valence-electron chi connectivity index (χ3n) is 4.56. The van der Waals surface area contributed by atoms with Crippen molar-refractivity contribution in [3.05, 3.63) is 11.8 Å². The van der Waals surface area contributed by atoms with Gasteiger partial charge in [0.1, 0.15) is 11.6 Å². The van der Waals surface area contributed by atoms with Gasteiger partial charge >= 0.3 is 0 Å². The number of aliphatic hydroxyl groups excluding tert-OH is 1. The molecular weight excluding hydrogens is 450 g/mol. The molecule has 0 radical (unpaired) electrons. The van der Waals surface area contributed by atoms with Crippen LogP contribution in [0, 0.1) is 41.4 Å². The van der Waals surface area contributed by atoms with E-state index in [9.17, 15) is 14.4 Å². The molecule has 5 heteroatoms. The lowest BCUT2D eigenvalue weighted by molar-refractivity contribution is -0.124. The first-order chi connectivity index (χ1) is 16.1. The highest BCUT2D eigenvalue weighted by molar-refractivity contribution is 5.80. The summed E-state index contributed by atoms with van der Waals surface area (Å²) in [5.41, 5.74) is 0. The van der Waals surface area contributed by atoms with Gasteiger partial charge < -0.3 is 10.4 Å². The van der Waals surface area contributed by atoms with Crippen molar-refractivity contribution in [2.45, 2.75) is 130 Å². The van der Waals surface area contributed by atoms with Crippen molar-refractivity contribution in [1.82, 2.24) is 5.32 Å². The maximum atomic E-state index is 11.0. The molecule has 0 aromatic rings. The largest absolute Gasteiger partial charge is 0.512 e. The molecule has 0 saturated heterocycles. The molecule has 0 saturated carbocycles. The van der Waals surface area contributed by atoms with Crippen molar-refractivity contribution >= 4 is 17.5 Å². The summed E-state index contributed by atoms with van der Waals surface area (Å²) in [4.78, 5) is 32.7. The van der Waals surface area contributed by atoms with Crippen molar-refractivity contribution in [2.75, 3.05) is 0 Å². The molecule has 36 heavy (non-hydrogen) atoms. The molecule has 0 bridgehead atoms. The molecular formula is C31H63NO4. The van der Waals surface area contributed by atoms with E-state index in [0.29, 0.717) is 35.1 Å². The van der Waals surface area contributed by atoms with Crippen LogP contribution in [-0.4, -0.2) is 28.6 Å². The van der Waals surface area contributed by atoms with Crippen LogP contribution in [0.3, 0.4) is 0 Å². The molecule has 0 atom stereocenters. The molecule has 0 heterocycles. The molecule has 0 aliphatic heterocycles. The number of rotatable bonds is 10. The van der Waals surface area contributed by atoms with Gasteiger partial charge in [0.15, 0.2) is 0 Å². The van der Waals surface area contributed by atoms with E-state index in [2.05, 4.69) is 46.9 Å². The second-order valence-corrected chi connectivity index (χ2v) is 12.2. The van der Waals surface area contributed by atoms with E-state index in [4.69, 9.17) is 5.11 Å². The smallest absolute Gasteiger partial charge is 0.222 e. The van der Waals surface area contributed by atoms with Gasteiger partial charge in [-0.15, -0.1) is 0 Å². The molecule has 5 nitrogen and oxygen atoms in total. The number of hydrogen-bond donors (Lipinski definition) is 2. The van der Waals surface area contributed by atoms with Gasteiger partial charge in [-0.3, -0.25) is 14.4 Å². The lowest BCUT2D eigenvalue weighted by Crippen LogP contribution is -2.33.